The number of nitriles is 1. The number of aromatic amines is 1. The highest BCUT2D eigenvalue weighted by molar-refractivity contribution is 9.10. The number of nitrogens with zero attached hydrogens (tertiary/aromatic N) is 5. The molecule has 2 rings (SSSR count). The topological polar surface area (TPSA) is 143 Å². The van der Waals surface area contributed by atoms with Crippen LogP contribution in [0.5, 0.6) is 5.75 Å². The van der Waals surface area contributed by atoms with Crippen molar-refractivity contribution < 1.29 is 22.8 Å². The van der Waals surface area contributed by atoms with Crippen molar-refractivity contribution in [3.05, 3.63) is 38.7 Å². The Morgan fingerprint density at radius 1 is 1.52 bits per heavy atom. The third-order valence-corrected chi connectivity index (χ3v) is 3.17. The first kappa shape index (κ1) is 18.1. The zero-order valence-electron chi connectivity index (χ0n) is 11.7. The lowest BCUT2D eigenvalue weighted by Gasteiger charge is -2.12. The fraction of sp³-hybridized carbons (Fsp3) is 0.0909. The number of aromatic nitrogens is 4. The SMILES string of the molecule is N#CC(=CNc1cc(Br)c(OC(F)(F)F)cc1[N+](=O)[O-])c1nn[nH]n1. The van der Waals surface area contributed by atoms with Crippen molar-refractivity contribution in [2.24, 2.45) is 0 Å². The first-order valence-electron chi connectivity index (χ1n) is 6.05. The third-order valence-electron chi connectivity index (χ3n) is 2.55. The highest BCUT2D eigenvalue weighted by Gasteiger charge is 2.33. The first-order valence-corrected chi connectivity index (χ1v) is 6.85. The van der Waals surface area contributed by atoms with Crippen LogP contribution in [0.4, 0.5) is 24.5 Å². The van der Waals surface area contributed by atoms with Crippen molar-refractivity contribution in [2.45, 2.75) is 6.36 Å². The van der Waals surface area contributed by atoms with Gasteiger partial charge >= 0.3 is 6.36 Å². The molecule has 0 spiro atoms. The summed E-state index contributed by atoms with van der Waals surface area (Å²) in [6, 6.07) is 3.33. The van der Waals surface area contributed by atoms with Crippen LogP contribution in [0, 0.1) is 21.4 Å². The summed E-state index contributed by atoms with van der Waals surface area (Å²) in [5, 5.41) is 35.0. The summed E-state index contributed by atoms with van der Waals surface area (Å²) in [4.78, 5) is 10.2. The van der Waals surface area contributed by atoms with Crippen LogP contribution in [0.15, 0.2) is 22.8 Å². The average molecular weight is 420 g/mol. The number of rotatable bonds is 5. The number of H-pyrrole nitrogens is 1. The van der Waals surface area contributed by atoms with E-state index < -0.39 is 22.7 Å². The van der Waals surface area contributed by atoms with E-state index in [1.54, 1.807) is 6.07 Å². The molecule has 2 aromatic rings. The van der Waals surface area contributed by atoms with Crippen LogP contribution in [0.3, 0.4) is 0 Å². The predicted molar refractivity (Wildman–Crippen MR) is 78.9 cm³/mol. The van der Waals surface area contributed by atoms with E-state index in [9.17, 15) is 23.3 Å². The Hall–Kier alpha value is -3.21. The van der Waals surface area contributed by atoms with Gasteiger partial charge in [-0.2, -0.15) is 10.5 Å². The van der Waals surface area contributed by atoms with E-state index in [0.29, 0.717) is 6.07 Å². The minimum absolute atomic E-state index is 0.0752. The molecule has 0 radical (unpaired) electrons. The van der Waals surface area contributed by atoms with Crippen LogP contribution < -0.4 is 10.1 Å². The van der Waals surface area contributed by atoms with Gasteiger partial charge in [-0.05, 0) is 27.2 Å². The number of hydrogen-bond donors (Lipinski definition) is 2. The molecule has 0 aliphatic rings. The number of benzene rings is 1. The first-order chi connectivity index (χ1) is 11.7. The van der Waals surface area contributed by atoms with Crippen molar-refractivity contribution in [3.8, 4) is 11.8 Å². The molecule has 0 amide bonds. The molecule has 130 valence electrons. The van der Waals surface area contributed by atoms with Crippen molar-refractivity contribution >= 4 is 32.9 Å². The summed E-state index contributed by atoms with van der Waals surface area (Å²) in [5.74, 6) is -0.860. The zero-order valence-corrected chi connectivity index (χ0v) is 13.3. The fourth-order valence-corrected chi connectivity index (χ4v) is 2.01. The van der Waals surface area contributed by atoms with Gasteiger partial charge in [0, 0.05) is 6.20 Å². The van der Waals surface area contributed by atoms with Crippen LogP contribution in [-0.4, -0.2) is 31.9 Å². The Labute approximate surface area is 144 Å². The van der Waals surface area contributed by atoms with Gasteiger partial charge in [0.05, 0.1) is 15.5 Å². The molecule has 0 atom stereocenters. The zero-order chi connectivity index (χ0) is 18.6. The lowest BCUT2D eigenvalue weighted by molar-refractivity contribution is -0.384. The van der Waals surface area contributed by atoms with Crippen molar-refractivity contribution in [2.75, 3.05) is 5.32 Å². The van der Waals surface area contributed by atoms with Gasteiger partial charge in [0.25, 0.3) is 5.69 Å². The number of halogens is 4. The second-order valence-corrected chi connectivity index (χ2v) is 5.01. The van der Waals surface area contributed by atoms with E-state index in [1.165, 1.54) is 0 Å². The largest absolute Gasteiger partial charge is 0.573 e. The number of allylic oxidation sites excluding steroid dienone is 1. The number of nitrogens with one attached hydrogen (secondary N) is 2. The van der Waals surface area contributed by atoms with Gasteiger partial charge in [-0.1, -0.05) is 0 Å². The summed E-state index contributed by atoms with van der Waals surface area (Å²) >= 11 is 2.83. The average Bonchev–Trinajstić information content (AvgIpc) is 3.03. The molecule has 0 aliphatic heterocycles. The number of tetrazole rings is 1. The highest BCUT2D eigenvalue weighted by Crippen LogP contribution is 2.38. The number of anilines is 1. The van der Waals surface area contributed by atoms with Crippen molar-refractivity contribution in [3.63, 3.8) is 0 Å². The maximum absolute atomic E-state index is 12.3. The second kappa shape index (κ2) is 7.13. The van der Waals surface area contributed by atoms with Gasteiger partial charge in [-0.25, -0.2) is 0 Å². The lowest BCUT2D eigenvalue weighted by Crippen LogP contribution is -2.17. The molecular formula is C11H5BrF3N7O3. The molecule has 1 heterocycles. The Kier molecular flexibility index (Phi) is 5.17. The van der Waals surface area contributed by atoms with E-state index >= 15 is 0 Å². The van der Waals surface area contributed by atoms with Gasteiger partial charge in [-0.15, -0.1) is 23.4 Å². The number of nitro benzene ring substituents is 1. The van der Waals surface area contributed by atoms with E-state index in [0.717, 1.165) is 12.3 Å². The van der Waals surface area contributed by atoms with Gasteiger partial charge in [-0.3, -0.25) is 10.1 Å². The number of hydrogen-bond acceptors (Lipinski definition) is 8. The molecule has 0 saturated heterocycles. The predicted octanol–water partition coefficient (Wildman–Crippen LogP) is 2.75. The minimum atomic E-state index is -5.02. The quantitative estimate of drug-likeness (QED) is 0.427. The third kappa shape index (κ3) is 4.64. The van der Waals surface area contributed by atoms with Crippen LogP contribution in [-0.2, 0) is 0 Å². The number of ether oxygens (including phenoxy) is 1. The van der Waals surface area contributed by atoms with Gasteiger partial charge < -0.3 is 10.1 Å². The molecule has 14 heteroatoms. The normalized spacial score (nSPS) is 11.7. The van der Waals surface area contributed by atoms with E-state index in [4.69, 9.17) is 5.26 Å². The lowest BCUT2D eigenvalue weighted by atomic mass is 10.2. The number of nitro groups is 1. The van der Waals surface area contributed by atoms with Crippen LogP contribution in [0.1, 0.15) is 5.82 Å². The fourth-order valence-electron chi connectivity index (χ4n) is 1.58. The molecule has 0 unspecified atom stereocenters. The van der Waals surface area contributed by atoms with Crippen molar-refractivity contribution in [1.29, 1.82) is 5.26 Å². The van der Waals surface area contributed by atoms with Crippen molar-refractivity contribution in [1.82, 2.24) is 20.6 Å². The van der Waals surface area contributed by atoms with E-state index in [1.807, 2.05) is 0 Å². The molecular weight excluding hydrogens is 415 g/mol. The van der Waals surface area contributed by atoms with E-state index in [-0.39, 0.29) is 21.6 Å². The summed E-state index contributed by atoms with van der Waals surface area (Å²) < 4.78 is 40.5. The molecule has 0 bridgehead atoms. The van der Waals surface area contributed by atoms with Crippen LogP contribution in [0.25, 0.3) is 5.57 Å². The smallest absolute Gasteiger partial charge is 0.404 e. The van der Waals surface area contributed by atoms with Crippen LogP contribution >= 0.6 is 15.9 Å². The molecule has 2 N–H and O–H groups in total. The summed E-state index contributed by atoms with van der Waals surface area (Å²) in [5.41, 5.74) is -1.01. The van der Waals surface area contributed by atoms with Gasteiger partial charge in [0.1, 0.15) is 17.3 Å². The minimum Gasteiger partial charge on any atom is -0.404 e. The van der Waals surface area contributed by atoms with Crippen LogP contribution in [0.2, 0.25) is 0 Å². The maximum Gasteiger partial charge on any atom is 0.573 e. The Morgan fingerprint density at radius 2 is 2.24 bits per heavy atom. The summed E-state index contributed by atoms with van der Waals surface area (Å²) in [6.45, 7) is 0. The Morgan fingerprint density at radius 3 is 2.76 bits per heavy atom. The van der Waals surface area contributed by atoms with Gasteiger partial charge in [0.15, 0.2) is 5.75 Å². The summed E-state index contributed by atoms with van der Waals surface area (Å²) in [7, 11) is 0. The maximum atomic E-state index is 12.3. The second-order valence-electron chi connectivity index (χ2n) is 4.15. The summed E-state index contributed by atoms with van der Waals surface area (Å²) in [6.07, 6.45) is -3.97. The van der Waals surface area contributed by atoms with E-state index in [2.05, 4.69) is 46.6 Å². The molecule has 10 nitrogen and oxygen atoms in total. The number of alkyl halides is 3. The van der Waals surface area contributed by atoms with Gasteiger partial charge in [0.2, 0.25) is 5.82 Å². The molecule has 1 aromatic heterocycles. The molecule has 0 saturated carbocycles. The molecule has 1 aromatic carbocycles. The Balaban J connectivity index is 2.39. The molecule has 25 heavy (non-hydrogen) atoms. The Bertz CT molecular complexity index is 861. The molecule has 0 fully saturated rings. The molecule has 0 aliphatic carbocycles. The highest BCUT2D eigenvalue weighted by atomic mass is 79.9. The monoisotopic (exact) mass is 419 g/mol. The standard InChI is InChI=1S/C11H5BrF3N7O3/c12-6-1-7(17-4-5(3-16)10-18-20-21-19-10)8(22(23)24)2-9(6)25-11(13,14)15/h1-2,4,17H,(H,18,19,20,21).